The van der Waals surface area contributed by atoms with Gasteiger partial charge in [0.05, 0.1) is 29.6 Å². The molecule has 3 amide bonds. The lowest BCUT2D eigenvalue weighted by atomic mass is 10.1. The normalized spacial score (nSPS) is 12.8. The van der Waals surface area contributed by atoms with E-state index in [2.05, 4.69) is 10.4 Å². The van der Waals surface area contributed by atoms with E-state index in [0.29, 0.717) is 59.2 Å². The molecule has 170 valence electrons. The zero-order valence-corrected chi connectivity index (χ0v) is 19.3. The molecule has 0 fully saturated rings. The number of benzene rings is 2. The van der Waals surface area contributed by atoms with Gasteiger partial charge in [0.25, 0.3) is 11.8 Å². The van der Waals surface area contributed by atoms with Crippen LogP contribution in [-0.4, -0.2) is 38.9 Å². The van der Waals surface area contributed by atoms with E-state index in [1.807, 2.05) is 0 Å². The van der Waals surface area contributed by atoms with Crippen LogP contribution >= 0.6 is 23.2 Å². The Balaban J connectivity index is 1.19. The largest absolute Gasteiger partial charge is 0.323 e. The molecule has 0 aliphatic carbocycles. The molecule has 7 nitrogen and oxygen atoms in total. The number of hydrogen-bond donors (Lipinski definition) is 1. The van der Waals surface area contributed by atoms with Crippen LogP contribution in [0.4, 0.5) is 5.69 Å². The fourth-order valence-electron chi connectivity index (χ4n) is 3.76. The van der Waals surface area contributed by atoms with E-state index in [-0.39, 0.29) is 17.7 Å². The summed E-state index contributed by atoms with van der Waals surface area (Å²) in [6, 6.07) is 12.2. The van der Waals surface area contributed by atoms with Crippen LogP contribution in [0.1, 0.15) is 52.0 Å². The van der Waals surface area contributed by atoms with Crippen molar-refractivity contribution in [3.8, 4) is 0 Å². The summed E-state index contributed by atoms with van der Waals surface area (Å²) in [6.45, 7) is 0.748. The molecule has 9 heteroatoms. The van der Waals surface area contributed by atoms with Crippen LogP contribution in [0.15, 0.2) is 54.9 Å². The lowest BCUT2D eigenvalue weighted by Gasteiger charge is -2.13. The summed E-state index contributed by atoms with van der Waals surface area (Å²) in [4.78, 5) is 38.2. The van der Waals surface area contributed by atoms with Crippen molar-refractivity contribution in [3.63, 3.8) is 0 Å². The van der Waals surface area contributed by atoms with Crippen LogP contribution in [0.2, 0.25) is 10.0 Å². The van der Waals surface area contributed by atoms with E-state index in [1.165, 1.54) is 4.90 Å². The average Bonchev–Trinajstić information content (AvgIpc) is 3.33. The molecule has 2 heterocycles. The minimum absolute atomic E-state index is 0.119. The summed E-state index contributed by atoms with van der Waals surface area (Å²) in [5, 5.41) is 8.20. The van der Waals surface area contributed by atoms with E-state index >= 15 is 0 Å². The van der Waals surface area contributed by atoms with Gasteiger partial charge in [0.1, 0.15) is 0 Å². The molecule has 0 unspecified atom stereocenters. The molecule has 4 rings (SSSR count). The van der Waals surface area contributed by atoms with Crippen molar-refractivity contribution >= 4 is 46.6 Å². The molecule has 33 heavy (non-hydrogen) atoms. The smallest absolute Gasteiger partial charge is 0.261 e. The number of carbonyl (C=O) groups is 3. The molecule has 0 spiro atoms. The third-order valence-electron chi connectivity index (χ3n) is 5.46. The predicted molar refractivity (Wildman–Crippen MR) is 127 cm³/mol. The lowest BCUT2D eigenvalue weighted by Crippen LogP contribution is -2.30. The number of anilines is 1. The van der Waals surface area contributed by atoms with E-state index < -0.39 is 0 Å². The van der Waals surface area contributed by atoms with Gasteiger partial charge in [-0.3, -0.25) is 24.0 Å². The number of amides is 3. The maximum atomic E-state index is 12.4. The van der Waals surface area contributed by atoms with Crippen LogP contribution in [0, 0.1) is 0 Å². The van der Waals surface area contributed by atoms with Gasteiger partial charge in [0.15, 0.2) is 0 Å². The Bertz CT molecular complexity index is 1150. The van der Waals surface area contributed by atoms with Crippen molar-refractivity contribution in [2.75, 3.05) is 11.9 Å². The first kappa shape index (κ1) is 23.0. The topological polar surface area (TPSA) is 84.3 Å². The molecule has 0 bridgehead atoms. The Kier molecular flexibility index (Phi) is 7.11. The van der Waals surface area contributed by atoms with Crippen molar-refractivity contribution in [3.05, 3.63) is 81.6 Å². The summed E-state index contributed by atoms with van der Waals surface area (Å²) >= 11 is 12.4. The number of carbonyl (C=O) groups excluding carboxylic acids is 3. The highest BCUT2D eigenvalue weighted by Crippen LogP contribution is 2.25. The van der Waals surface area contributed by atoms with Gasteiger partial charge in [0.2, 0.25) is 5.91 Å². The van der Waals surface area contributed by atoms with Gasteiger partial charge in [-0.2, -0.15) is 5.10 Å². The second-order valence-electron chi connectivity index (χ2n) is 7.79. The van der Waals surface area contributed by atoms with E-state index in [0.717, 1.165) is 12.0 Å². The average molecular weight is 485 g/mol. The third-order valence-corrected chi connectivity index (χ3v) is 6.17. The molecule has 3 aromatic rings. The summed E-state index contributed by atoms with van der Waals surface area (Å²) in [5.41, 5.74) is 2.27. The fourth-order valence-corrected chi connectivity index (χ4v) is 4.27. The highest BCUT2D eigenvalue weighted by Gasteiger charge is 2.34. The Morgan fingerprint density at radius 2 is 1.58 bits per heavy atom. The minimum atomic E-state index is -0.247. The van der Waals surface area contributed by atoms with Crippen molar-refractivity contribution in [1.29, 1.82) is 0 Å². The molecule has 1 aromatic heterocycles. The van der Waals surface area contributed by atoms with Crippen molar-refractivity contribution in [2.45, 2.75) is 32.2 Å². The summed E-state index contributed by atoms with van der Waals surface area (Å²) in [7, 11) is 0. The van der Waals surface area contributed by atoms with E-state index in [9.17, 15) is 14.4 Å². The van der Waals surface area contributed by atoms with Gasteiger partial charge in [0, 0.05) is 34.8 Å². The maximum Gasteiger partial charge on any atom is 0.261 e. The number of imide groups is 1. The van der Waals surface area contributed by atoms with Crippen molar-refractivity contribution in [1.82, 2.24) is 14.7 Å². The van der Waals surface area contributed by atoms with Crippen LogP contribution in [0.3, 0.4) is 0 Å². The zero-order chi connectivity index (χ0) is 23.4. The van der Waals surface area contributed by atoms with Crippen LogP contribution in [0.5, 0.6) is 0 Å². The molecule has 0 saturated carbocycles. The standard InChI is InChI=1S/C24H22Cl2N4O3/c25-20-9-6-10-21(26)19(20)15-29-14-16(13-27-29)28-22(31)11-2-1-5-12-30-23(32)17-7-3-4-8-18(17)24(30)33/h3-4,6-10,13-14H,1-2,5,11-12,15H2,(H,28,31). The lowest BCUT2D eigenvalue weighted by molar-refractivity contribution is -0.116. The molecule has 0 saturated heterocycles. The van der Waals surface area contributed by atoms with Gasteiger partial charge in [-0.25, -0.2) is 0 Å². The van der Waals surface area contributed by atoms with Gasteiger partial charge in [-0.1, -0.05) is 47.8 Å². The number of unbranched alkanes of at least 4 members (excludes halogenated alkanes) is 2. The molecule has 0 radical (unpaired) electrons. The number of fused-ring (bicyclic) bond motifs is 1. The summed E-state index contributed by atoms with van der Waals surface area (Å²) in [5.74, 6) is -0.613. The third kappa shape index (κ3) is 5.26. The number of hydrogen-bond acceptors (Lipinski definition) is 4. The Morgan fingerprint density at radius 3 is 2.24 bits per heavy atom. The summed E-state index contributed by atoms with van der Waals surface area (Å²) in [6.07, 6.45) is 5.66. The fraction of sp³-hybridized carbons (Fsp3) is 0.250. The minimum Gasteiger partial charge on any atom is -0.323 e. The molecule has 2 aromatic carbocycles. The van der Waals surface area contributed by atoms with Crippen LogP contribution in [0.25, 0.3) is 0 Å². The maximum absolute atomic E-state index is 12.4. The second kappa shape index (κ2) is 10.2. The summed E-state index contributed by atoms with van der Waals surface area (Å²) < 4.78 is 1.66. The predicted octanol–water partition coefficient (Wildman–Crippen LogP) is 5.03. The number of rotatable bonds is 9. The molecule has 1 N–H and O–H groups in total. The van der Waals surface area contributed by atoms with Gasteiger partial charge in [-0.15, -0.1) is 0 Å². The van der Waals surface area contributed by atoms with Crippen LogP contribution in [-0.2, 0) is 11.3 Å². The number of halogens is 2. The first-order valence-electron chi connectivity index (χ1n) is 10.6. The SMILES string of the molecule is O=C(CCCCCN1C(=O)c2ccccc2C1=O)Nc1cnn(Cc2c(Cl)cccc2Cl)c1. The second-order valence-corrected chi connectivity index (χ2v) is 8.61. The molecule has 0 atom stereocenters. The Labute approximate surface area is 201 Å². The van der Waals surface area contributed by atoms with Crippen molar-refractivity contribution < 1.29 is 14.4 Å². The Hall–Kier alpha value is -3.16. The first-order chi connectivity index (χ1) is 15.9. The Morgan fingerprint density at radius 1 is 0.909 bits per heavy atom. The van der Waals surface area contributed by atoms with Gasteiger partial charge >= 0.3 is 0 Å². The van der Waals surface area contributed by atoms with E-state index in [1.54, 1.807) is 59.5 Å². The number of nitrogens with zero attached hydrogens (tertiary/aromatic N) is 3. The number of nitrogens with one attached hydrogen (secondary N) is 1. The van der Waals surface area contributed by atoms with Gasteiger partial charge in [-0.05, 0) is 37.1 Å². The molecule has 1 aliphatic heterocycles. The van der Waals surface area contributed by atoms with Gasteiger partial charge < -0.3 is 5.32 Å². The number of aromatic nitrogens is 2. The molecule has 1 aliphatic rings. The molecular weight excluding hydrogens is 463 g/mol. The first-order valence-corrected chi connectivity index (χ1v) is 11.4. The molecular formula is C24H22Cl2N4O3. The zero-order valence-electron chi connectivity index (χ0n) is 17.8. The highest BCUT2D eigenvalue weighted by molar-refractivity contribution is 6.36. The quantitative estimate of drug-likeness (QED) is 0.340. The van der Waals surface area contributed by atoms with Crippen molar-refractivity contribution in [2.24, 2.45) is 0 Å². The van der Waals surface area contributed by atoms with E-state index in [4.69, 9.17) is 23.2 Å². The van der Waals surface area contributed by atoms with Crippen LogP contribution < -0.4 is 5.32 Å². The monoisotopic (exact) mass is 484 g/mol. The highest BCUT2D eigenvalue weighted by atomic mass is 35.5.